The fourth-order valence-corrected chi connectivity index (χ4v) is 1.82. The summed E-state index contributed by atoms with van der Waals surface area (Å²) in [4.78, 5) is 2.59. The van der Waals surface area contributed by atoms with Crippen LogP contribution in [0, 0.1) is 5.92 Å². The molecule has 1 rings (SSSR count). The second-order valence-electron chi connectivity index (χ2n) is 4.27. The molecule has 1 heterocycles. The number of piperidine rings is 1. The molecule has 0 aliphatic carbocycles. The number of nitrogens with one attached hydrogen (secondary N) is 1. The first-order valence-electron chi connectivity index (χ1n) is 5.76. The smallest absolute Gasteiger partial charge is 0.0107 e. The van der Waals surface area contributed by atoms with Gasteiger partial charge in [-0.3, -0.25) is 0 Å². The summed E-state index contributed by atoms with van der Waals surface area (Å²) in [5.41, 5.74) is 0. The second kappa shape index (κ2) is 6.39. The Morgan fingerprint density at radius 2 is 1.92 bits per heavy atom. The summed E-state index contributed by atoms with van der Waals surface area (Å²) < 4.78 is 0. The van der Waals surface area contributed by atoms with E-state index in [1.807, 2.05) is 0 Å². The van der Waals surface area contributed by atoms with Crippen LogP contribution in [-0.4, -0.2) is 37.6 Å². The minimum Gasteiger partial charge on any atom is -0.315 e. The summed E-state index contributed by atoms with van der Waals surface area (Å²) in [7, 11) is 0. The molecule has 0 spiro atoms. The van der Waals surface area contributed by atoms with Crippen LogP contribution in [0.3, 0.4) is 0 Å². The lowest BCUT2D eigenvalue weighted by Crippen LogP contribution is -2.37. The third-order valence-corrected chi connectivity index (χ3v) is 2.91. The third kappa shape index (κ3) is 4.63. The van der Waals surface area contributed by atoms with Crippen LogP contribution in [0.2, 0.25) is 0 Å². The Bertz CT molecular complexity index is 117. The Kier molecular flexibility index (Phi) is 5.40. The van der Waals surface area contributed by atoms with Gasteiger partial charge in [0.2, 0.25) is 0 Å². The zero-order chi connectivity index (χ0) is 9.52. The van der Waals surface area contributed by atoms with Gasteiger partial charge in [0.05, 0.1) is 0 Å². The van der Waals surface area contributed by atoms with Gasteiger partial charge >= 0.3 is 0 Å². The van der Waals surface area contributed by atoms with E-state index in [9.17, 15) is 0 Å². The topological polar surface area (TPSA) is 15.3 Å². The van der Waals surface area contributed by atoms with Crippen molar-refractivity contribution in [1.29, 1.82) is 0 Å². The molecule has 2 nitrogen and oxygen atoms in total. The monoisotopic (exact) mass is 184 g/mol. The molecular weight excluding hydrogens is 160 g/mol. The van der Waals surface area contributed by atoms with E-state index < -0.39 is 0 Å². The van der Waals surface area contributed by atoms with Crippen molar-refractivity contribution in [2.24, 2.45) is 5.92 Å². The molecule has 1 N–H and O–H groups in total. The summed E-state index contributed by atoms with van der Waals surface area (Å²) in [5.74, 6) is 0.958. The number of hydrogen-bond acceptors (Lipinski definition) is 2. The van der Waals surface area contributed by atoms with Crippen molar-refractivity contribution >= 4 is 0 Å². The first kappa shape index (κ1) is 11.0. The van der Waals surface area contributed by atoms with Crippen molar-refractivity contribution in [3.63, 3.8) is 0 Å². The molecule has 1 fully saturated rings. The van der Waals surface area contributed by atoms with Crippen LogP contribution < -0.4 is 5.32 Å². The quantitative estimate of drug-likeness (QED) is 0.654. The normalized spacial score (nSPS) is 20.8. The molecule has 0 amide bonds. The van der Waals surface area contributed by atoms with Crippen molar-refractivity contribution in [3.05, 3.63) is 0 Å². The minimum absolute atomic E-state index is 0.958. The number of hydrogen-bond donors (Lipinski definition) is 1. The van der Waals surface area contributed by atoms with E-state index in [0.717, 1.165) is 5.92 Å². The number of likely N-dealkylation sites (tertiary alicyclic amines) is 1. The molecule has 0 bridgehead atoms. The molecule has 0 aromatic carbocycles. The minimum atomic E-state index is 0.958. The van der Waals surface area contributed by atoms with E-state index in [2.05, 4.69) is 24.1 Å². The van der Waals surface area contributed by atoms with Gasteiger partial charge in [0.15, 0.2) is 0 Å². The molecule has 0 radical (unpaired) electrons. The van der Waals surface area contributed by atoms with Crippen molar-refractivity contribution in [1.82, 2.24) is 10.2 Å². The van der Waals surface area contributed by atoms with E-state index >= 15 is 0 Å². The maximum atomic E-state index is 3.45. The van der Waals surface area contributed by atoms with Crippen LogP contribution in [-0.2, 0) is 0 Å². The molecule has 0 aromatic heterocycles. The lowest BCUT2D eigenvalue weighted by Gasteiger charge is -2.30. The SMILES string of the molecule is CCCNCCN1CCC(C)CC1. The fraction of sp³-hybridized carbons (Fsp3) is 1.00. The molecular formula is C11H24N2. The molecule has 0 atom stereocenters. The largest absolute Gasteiger partial charge is 0.315 e. The molecule has 1 saturated heterocycles. The lowest BCUT2D eigenvalue weighted by atomic mass is 9.99. The van der Waals surface area contributed by atoms with Gasteiger partial charge in [-0.15, -0.1) is 0 Å². The van der Waals surface area contributed by atoms with Crippen molar-refractivity contribution in [3.8, 4) is 0 Å². The zero-order valence-electron chi connectivity index (χ0n) is 9.18. The Labute approximate surface area is 82.7 Å². The second-order valence-corrected chi connectivity index (χ2v) is 4.27. The van der Waals surface area contributed by atoms with Gasteiger partial charge in [-0.1, -0.05) is 13.8 Å². The van der Waals surface area contributed by atoms with Crippen LogP contribution in [0.1, 0.15) is 33.1 Å². The standard InChI is InChI=1S/C11H24N2/c1-3-6-12-7-10-13-8-4-11(2)5-9-13/h11-12H,3-10H2,1-2H3. The summed E-state index contributed by atoms with van der Waals surface area (Å²) in [6.07, 6.45) is 4.04. The highest BCUT2D eigenvalue weighted by Gasteiger charge is 2.14. The molecule has 0 unspecified atom stereocenters. The lowest BCUT2D eigenvalue weighted by molar-refractivity contribution is 0.193. The molecule has 0 aromatic rings. The highest BCUT2D eigenvalue weighted by molar-refractivity contribution is 4.69. The number of nitrogens with zero attached hydrogens (tertiary/aromatic N) is 1. The number of rotatable bonds is 5. The van der Waals surface area contributed by atoms with Gasteiger partial charge in [0.1, 0.15) is 0 Å². The van der Waals surface area contributed by atoms with Gasteiger partial charge in [0, 0.05) is 13.1 Å². The molecule has 2 heteroatoms. The van der Waals surface area contributed by atoms with Gasteiger partial charge in [0.25, 0.3) is 0 Å². The summed E-state index contributed by atoms with van der Waals surface area (Å²) >= 11 is 0. The molecule has 13 heavy (non-hydrogen) atoms. The Hall–Kier alpha value is -0.0800. The summed E-state index contributed by atoms with van der Waals surface area (Å²) in [6.45, 7) is 10.8. The average molecular weight is 184 g/mol. The third-order valence-electron chi connectivity index (χ3n) is 2.91. The van der Waals surface area contributed by atoms with E-state index in [1.54, 1.807) is 0 Å². The van der Waals surface area contributed by atoms with E-state index in [0.29, 0.717) is 0 Å². The predicted molar refractivity (Wildman–Crippen MR) is 58.0 cm³/mol. The Balaban J connectivity index is 1.96. The first-order valence-corrected chi connectivity index (χ1v) is 5.76. The van der Waals surface area contributed by atoms with E-state index in [4.69, 9.17) is 0 Å². The zero-order valence-corrected chi connectivity index (χ0v) is 9.18. The predicted octanol–water partition coefficient (Wildman–Crippen LogP) is 1.72. The first-order chi connectivity index (χ1) is 6.33. The van der Waals surface area contributed by atoms with Crippen molar-refractivity contribution < 1.29 is 0 Å². The van der Waals surface area contributed by atoms with Crippen molar-refractivity contribution in [2.45, 2.75) is 33.1 Å². The average Bonchev–Trinajstić information content (AvgIpc) is 2.15. The van der Waals surface area contributed by atoms with Gasteiger partial charge in [-0.25, -0.2) is 0 Å². The van der Waals surface area contributed by atoms with E-state index in [-0.39, 0.29) is 0 Å². The van der Waals surface area contributed by atoms with Crippen molar-refractivity contribution in [2.75, 3.05) is 32.7 Å². The maximum absolute atomic E-state index is 3.45. The van der Waals surface area contributed by atoms with Gasteiger partial charge < -0.3 is 10.2 Å². The molecule has 78 valence electrons. The maximum Gasteiger partial charge on any atom is 0.0107 e. The van der Waals surface area contributed by atoms with Gasteiger partial charge in [-0.2, -0.15) is 0 Å². The van der Waals surface area contributed by atoms with Crippen LogP contribution >= 0.6 is 0 Å². The highest BCUT2D eigenvalue weighted by Crippen LogP contribution is 2.14. The highest BCUT2D eigenvalue weighted by atomic mass is 15.1. The van der Waals surface area contributed by atoms with E-state index in [1.165, 1.54) is 52.0 Å². The molecule has 1 aliphatic heterocycles. The molecule has 0 saturated carbocycles. The van der Waals surface area contributed by atoms with Crippen LogP contribution in [0.25, 0.3) is 0 Å². The molecule has 1 aliphatic rings. The van der Waals surface area contributed by atoms with Gasteiger partial charge in [-0.05, 0) is 44.8 Å². The summed E-state index contributed by atoms with van der Waals surface area (Å²) in [5, 5.41) is 3.45. The van der Waals surface area contributed by atoms with Crippen LogP contribution in [0.15, 0.2) is 0 Å². The van der Waals surface area contributed by atoms with Crippen LogP contribution in [0.4, 0.5) is 0 Å². The Morgan fingerprint density at radius 3 is 2.54 bits per heavy atom. The summed E-state index contributed by atoms with van der Waals surface area (Å²) in [6, 6.07) is 0. The fourth-order valence-electron chi connectivity index (χ4n) is 1.82. The van der Waals surface area contributed by atoms with Crippen LogP contribution in [0.5, 0.6) is 0 Å². The Morgan fingerprint density at radius 1 is 1.23 bits per heavy atom.